The van der Waals surface area contributed by atoms with Crippen LogP contribution in [0.1, 0.15) is 43.0 Å². The van der Waals surface area contributed by atoms with Crippen LogP contribution in [0.15, 0.2) is 153 Å². The molecule has 2 amide bonds. The Hall–Kier alpha value is -7.64. The van der Waals surface area contributed by atoms with Gasteiger partial charge in [-0.15, -0.1) is 0 Å². The van der Waals surface area contributed by atoms with Gasteiger partial charge in [-0.25, -0.2) is 9.98 Å². The van der Waals surface area contributed by atoms with Crippen molar-refractivity contribution in [2.45, 2.75) is 9.79 Å². The van der Waals surface area contributed by atoms with Gasteiger partial charge in [-0.05, 0) is 132 Å². The second kappa shape index (κ2) is 17.5. The van der Waals surface area contributed by atoms with Crippen molar-refractivity contribution in [3.8, 4) is 0 Å². The Balaban J connectivity index is 1.16. The van der Waals surface area contributed by atoms with Crippen LogP contribution >= 0.6 is 0 Å². The molecule has 0 aromatic heterocycles. The topological polar surface area (TPSA) is 284 Å². The van der Waals surface area contributed by atoms with Crippen LogP contribution in [-0.2, 0) is 20.2 Å². The normalized spacial score (nSPS) is 12.3. The van der Waals surface area contributed by atoms with Crippen molar-refractivity contribution in [3.63, 3.8) is 0 Å². The maximum atomic E-state index is 13.0. The van der Waals surface area contributed by atoms with Crippen molar-refractivity contribution in [1.82, 2.24) is 0 Å². The minimum absolute atomic E-state index is 0.00901. The zero-order chi connectivity index (χ0) is 43.2. The van der Waals surface area contributed by atoms with Gasteiger partial charge >= 0.3 is 0 Å². The number of hydrogen-bond acceptors (Lipinski definition) is 10. The molecule has 0 aliphatic heterocycles. The molecule has 18 heteroatoms. The molecule has 304 valence electrons. The number of amides is 2. The fourth-order valence-corrected chi connectivity index (χ4v) is 6.96. The first-order valence-electron chi connectivity index (χ1n) is 17.4. The summed E-state index contributed by atoms with van der Waals surface area (Å²) in [5.41, 5.74) is 14.0. The molecule has 0 spiro atoms. The Kier molecular flexibility index (Phi) is 12.2. The smallest absolute Gasteiger partial charge is 0.295 e. The molecule has 0 bridgehead atoms. The van der Waals surface area contributed by atoms with Crippen molar-refractivity contribution in [1.29, 1.82) is 0 Å². The summed E-state index contributed by atoms with van der Waals surface area (Å²) in [7, 11) is -9.80. The van der Waals surface area contributed by atoms with Crippen LogP contribution in [0.25, 0.3) is 12.2 Å². The summed E-state index contributed by atoms with van der Waals surface area (Å²) >= 11 is 0. The number of aliphatic hydroxyl groups excluding tert-OH is 2. The monoisotopic (exact) mass is 846 g/mol. The highest BCUT2D eigenvalue weighted by Gasteiger charge is 2.19. The van der Waals surface area contributed by atoms with Crippen LogP contribution in [0.2, 0.25) is 0 Å². The lowest BCUT2D eigenvalue weighted by molar-refractivity contribution is 0.101. The lowest BCUT2D eigenvalue weighted by atomic mass is 10.1. The summed E-state index contributed by atoms with van der Waals surface area (Å²) in [5.74, 6) is -1.82. The lowest BCUT2D eigenvalue weighted by Crippen LogP contribution is -2.13. The van der Waals surface area contributed by atoms with Crippen LogP contribution in [0, 0.1) is 0 Å². The third-order valence-electron chi connectivity index (χ3n) is 8.61. The number of benzene rings is 6. The van der Waals surface area contributed by atoms with Gasteiger partial charge in [-0.2, -0.15) is 16.8 Å². The summed E-state index contributed by atoms with van der Waals surface area (Å²) in [4.78, 5) is 33.0. The maximum absolute atomic E-state index is 13.0. The first-order chi connectivity index (χ1) is 28.4. The molecule has 0 atom stereocenters. The molecule has 0 unspecified atom stereocenters. The average Bonchev–Trinajstić information content (AvgIpc) is 3.21. The second-order valence-electron chi connectivity index (χ2n) is 12.9. The van der Waals surface area contributed by atoms with Crippen LogP contribution in [-0.4, -0.2) is 59.8 Å². The summed E-state index contributed by atoms with van der Waals surface area (Å²) in [5, 5.41) is 25.7. The first-order valence-corrected chi connectivity index (χ1v) is 20.3. The minimum atomic E-state index is -4.90. The van der Waals surface area contributed by atoms with Gasteiger partial charge in [-0.3, -0.25) is 18.7 Å². The minimum Gasteiger partial charge on any atom is -0.493 e. The van der Waals surface area contributed by atoms with Crippen molar-refractivity contribution in [3.05, 3.63) is 167 Å². The van der Waals surface area contributed by atoms with Gasteiger partial charge in [0.15, 0.2) is 0 Å². The van der Waals surface area contributed by atoms with E-state index in [1.165, 1.54) is 84.9 Å². The Bertz CT molecular complexity index is 2720. The zero-order valence-corrected chi connectivity index (χ0v) is 32.6. The summed E-state index contributed by atoms with van der Waals surface area (Å²) in [6.07, 6.45) is 2.34. The molecular weight excluding hydrogens is 813 g/mol. The third kappa shape index (κ3) is 10.6. The molecular formula is C42H34N6O10S2. The molecule has 0 heterocycles. The fourth-order valence-electron chi connectivity index (χ4n) is 5.55. The predicted octanol–water partition coefficient (Wildman–Crippen LogP) is 7.29. The molecule has 6 aromatic carbocycles. The largest absolute Gasteiger partial charge is 0.493 e. The highest BCUT2D eigenvalue weighted by Crippen LogP contribution is 2.27. The SMILES string of the molecule is Nc1ccc(C(O)=Nc2ccc(C(=O)Nc3ccc(/C=C/c4ccc(NC(=O)c5ccc(N=C(O)c6ccc(N)cc6)cc5)cc4S(=O)(=O)O)c(S(=O)(=O)O)c3)cc2)cc1. The highest BCUT2D eigenvalue weighted by molar-refractivity contribution is 7.86. The van der Waals surface area contributed by atoms with E-state index in [-0.39, 0.29) is 45.4 Å². The Morgan fingerprint density at radius 1 is 0.483 bits per heavy atom. The number of rotatable bonds is 12. The first kappa shape index (κ1) is 42.0. The number of nitrogen functional groups attached to an aromatic ring is 2. The van der Waals surface area contributed by atoms with E-state index in [4.69, 9.17) is 11.5 Å². The molecule has 0 aliphatic rings. The van der Waals surface area contributed by atoms with E-state index >= 15 is 0 Å². The van der Waals surface area contributed by atoms with Crippen molar-refractivity contribution >= 4 is 90.1 Å². The molecule has 0 saturated carbocycles. The number of anilines is 4. The predicted molar refractivity (Wildman–Crippen MR) is 230 cm³/mol. The molecule has 10 N–H and O–H groups in total. The second-order valence-corrected chi connectivity index (χ2v) is 15.7. The van der Waals surface area contributed by atoms with E-state index in [1.807, 2.05) is 0 Å². The average molecular weight is 847 g/mol. The molecule has 0 saturated heterocycles. The van der Waals surface area contributed by atoms with Crippen molar-refractivity contribution in [2.75, 3.05) is 22.1 Å². The van der Waals surface area contributed by atoms with Gasteiger partial charge in [0, 0.05) is 45.0 Å². The van der Waals surface area contributed by atoms with Gasteiger partial charge in [0.1, 0.15) is 9.79 Å². The fraction of sp³-hybridized carbons (Fsp3) is 0. The molecule has 16 nitrogen and oxygen atoms in total. The van der Waals surface area contributed by atoms with E-state index in [0.29, 0.717) is 33.9 Å². The van der Waals surface area contributed by atoms with Gasteiger partial charge in [-0.1, -0.05) is 24.3 Å². The number of aliphatic hydroxyl groups is 2. The summed E-state index contributed by atoms with van der Waals surface area (Å²) < 4.78 is 69.7. The van der Waals surface area contributed by atoms with Crippen LogP contribution < -0.4 is 22.1 Å². The van der Waals surface area contributed by atoms with E-state index in [1.54, 1.807) is 48.5 Å². The molecule has 6 rings (SSSR count). The third-order valence-corrected chi connectivity index (χ3v) is 10.4. The van der Waals surface area contributed by atoms with E-state index in [0.717, 1.165) is 12.1 Å². The number of nitrogens with zero attached hydrogens (tertiary/aromatic N) is 2. The quantitative estimate of drug-likeness (QED) is 0.0198. The van der Waals surface area contributed by atoms with E-state index in [2.05, 4.69) is 20.6 Å². The van der Waals surface area contributed by atoms with Crippen LogP contribution in [0.3, 0.4) is 0 Å². The summed E-state index contributed by atoms with van der Waals surface area (Å²) in [6.45, 7) is 0. The Labute approximate surface area is 343 Å². The molecule has 0 radical (unpaired) electrons. The Morgan fingerprint density at radius 2 is 0.800 bits per heavy atom. The molecule has 60 heavy (non-hydrogen) atoms. The lowest BCUT2D eigenvalue weighted by Gasteiger charge is -2.11. The number of carbonyl (C=O) groups is 2. The number of nitrogens with two attached hydrogens (primary N) is 2. The maximum Gasteiger partial charge on any atom is 0.295 e. The summed E-state index contributed by atoms with van der Waals surface area (Å²) in [6, 6.07) is 31.6. The molecule has 6 aromatic rings. The van der Waals surface area contributed by atoms with Crippen molar-refractivity contribution < 1.29 is 45.7 Å². The zero-order valence-electron chi connectivity index (χ0n) is 31.0. The standard InChI is InChI=1S/C42H34N6O10S2/c43-31-13-3-27(4-14-31)39(49)45-33-17-9-29(10-18-33)41(51)47-35-21-7-25(37(23-35)59(53,54)55)1-2-26-8-22-36(24-38(26)60(56,57)58)48-42(52)30-11-19-34(20-12-30)46-40(50)28-5-15-32(44)16-6-28/h1-24H,43-44H2,(H,45,49)(H,46,50)(H,47,51)(H,48,52)(H,53,54,55)(H,56,57,58)/b2-1+. The van der Waals surface area contributed by atoms with E-state index in [9.17, 15) is 45.7 Å². The van der Waals surface area contributed by atoms with Gasteiger partial charge in [0.25, 0.3) is 32.1 Å². The van der Waals surface area contributed by atoms with Crippen LogP contribution in [0.5, 0.6) is 0 Å². The van der Waals surface area contributed by atoms with Gasteiger partial charge < -0.3 is 32.3 Å². The van der Waals surface area contributed by atoms with Gasteiger partial charge in [0.05, 0.1) is 11.4 Å². The molecule has 0 fully saturated rings. The number of hydrogen-bond donors (Lipinski definition) is 8. The van der Waals surface area contributed by atoms with E-state index < -0.39 is 41.8 Å². The highest BCUT2D eigenvalue weighted by atomic mass is 32.2. The van der Waals surface area contributed by atoms with Gasteiger partial charge in [0.2, 0.25) is 11.8 Å². The number of carbonyl (C=O) groups excluding carboxylic acids is 2. The number of nitrogens with one attached hydrogen (secondary N) is 2. The van der Waals surface area contributed by atoms with Crippen LogP contribution in [0.4, 0.5) is 34.1 Å². The molecule has 0 aliphatic carbocycles. The Morgan fingerprint density at radius 3 is 1.12 bits per heavy atom. The number of aliphatic imine (C=N–C) groups is 2. The van der Waals surface area contributed by atoms with Crippen molar-refractivity contribution in [2.24, 2.45) is 9.98 Å².